The Morgan fingerprint density at radius 3 is 2.96 bits per heavy atom. The van der Waals surface area contributed by atoms with E-state index in [9.17, 15) is 9.59 Å². The lowest BCUT2D eigenvalue weighted by Crippen LogP contribution is -2.55. The third-order valence-electron chi connectivity index (χ3n) is 3.97. The number of oxazole rings is 1. The molecule has 2 aromatic rings. The molecule has 0 bridgehead atoms. The molecule has 126 valence electrons. The van der Waals surface area contributed by atoms with Crippen molar-refractivity contribution in [2.24, 2.45) is 0 Å². The molecule has 1 aliphatic heterocycles. The first-order valence-electron chi connectivity index (χ1n) is 7.76. The maximum Gasteiger partial charge on any atom is 0.307 e. The highest BCUT2D eigenvalue weighted by Gasteiger charge is 2.32. The lowest BCUT2D eigenvalue weighted by atomic mass is 10.1. The number of carbonyl (C=O) groups excluding carboxylic acids is 2. The summed E-state index contributed by atoms with van der Waals surface area (Å²) in [4.78, 5) is 30.0. The third kappa shape index (κ3) is 3.62. The molecule has 1 saturated heterocycles. The van der Waals surface area contributed by atoms with Crippen molar-refractivity contribution in [3.63, 3.8) is 0 Å². The molecule has 0 unspecified atom stereocenters. The van der Waals surface area contributed by atoms with Crippen molar-refractivity contribution >= 4 is 11.9 Å². The Bertz CT molecular complexity index is 714. The summed E-state index contributed by atoms with van der Waals surface area (Å²) >= 11 is 0. The van der Waals surface area contributed by atoms with E-state index in [1.807, 2.05) is 35.2 Å². The molecule has 1 aliphatic rings. The zero-order valence-corrected chi connectivity index (χ0v) is 13.4. The summed E-state index contributed by atoms with van der Waals surface area (Å²) in [6.45, 7) is 1.62. The monoisotopic (exact) mass is 329 g/mol. The summed E-state index contributed by atoms with van der Waals surface area (Å²) < 4.78 is 10.2. The van der Waals surface area contributed by atoms with Gasteiger partial charge in [-0.3, -0.25) is 14.5 Å². The number of rotatable bonds is 5. The molecule has 7 nitrogen and oxygen atoms in total. The van der Waals surface area contributed by atoms with Crippen LogP contribution in [0.15, 0.2) is 41.0 Å². The van der Waals surface area contributed by atoms with E-state index in [1.165, 1.54) is 7.11 Å². The van der Waals surface area contributed by atoms with Gasteiger partial charge in [-0.1, -0.05) is 18.2 Å². The van der Waals surface area contributed by atoms with Gasteiger partial charge in [0.05, 0.1) is 19.2 Å². The Morgan fingerprint density at radius 1 is 1.42 bits per heavy atom. The molecule has 1 atom stereocenters. The smallest absolute Gasteiger partial charge is 0.307 e. The fourth-order valence-corrected chi connectivity index (χ4v) is 2.72. The molecule has 1 fully saturated rings. The van der Waals surface area contributed by atoms with Gasteiger partial charge in [-0.2, -0.15) is 0 Å². The molecular weight excluding hydrogens is 310 g/mol. The minimum Gasteiger partial charge on any atom is -0.469 e. The van der Waals surface area contributed by atoms with Crippen LogP contribution in [0.1, 0.15) is 12.1 Å². The van der Waals surface area contributed by atoms with Gasteiger partial charge in [0.1, 0.15) is 12.3 Å². The Hall–Kier alpha value is -2.67. The first-order valence-corrected chi connectivity index (χ1v) is 7.76. The highest BCUT2D eigenvalue weighted by Crippen LogP contribution is 2.20. The molecule has 0 radical (unpaired) electrons. The van der Waals surface area contributed by atoms with Crippen molar-refractivity contribution in [2.75, 3.05) is 20.2 Å². The standard InChI is InChI=1S/C17H19N3O4/c1-23-15(21)9-14-16(22)18-7-8-20(14)10-13-11-24-17(19-13)12-5-3-2-4-6-12/h2-6,11,14H,7-10H2,1H3,(H,18,22)/t14-/m1/s1. The summed E-state index contributed by atoms with van der Waals surface area (Å²) in [5.41, 5.74) is 1.62. The van der Waals surface area contributed by atoms with Crippen molar-refractivity contribution in [1.82, 2.24) is 15.2 Å². The Kier molecular flexibility index (Phi) is 4.90. The number of methoxy groups -OCH3 is 1. The lowest BCUT2D eigenvalue weighted by molar-refractivity contribution is -0.146. The molecule has 1 N–H and O–H groups in total. The summed E-state index contributed by atoms with van der Waals surface area (Å²) in [5, 5.41) is 2.78. The van der Waals surface area contributed by atoms with Crippen molar-refractivity contribution < 1.29 is 18.7 Å². The first kappa shape index (κ1) is 16.2. The lowest BCUT2D eigenvalue weighted by Gasteiger charge is -2.33. The van der Waals surface area contributed by atoms with Crippen LogP contribution in [0.4, 0.5) is 0 Å². The summed E-state index contributed by atoms with van der Waals surface area (Å²) in [6, 6.07) is 9.05. The maximum absolute atomic E-state index is 12.1. The molecule has 1 amide bonds. The van der Waals surface area contributed by atoms with Crippen molar-refractivity contribution in [2.45, 2.75) is 19.0 Å². The molecule has 1 aromatic carbocycles. The largest absolute Gasteiger partial charge is 0.469 e. The zero-order valence-electron chi connectivity index (χ0n) is 13.4. The molecular formula is C17H19N3O4. The van der Waals surface area contributed by atoms with Crippen LogP contribution in [0.3, 0.4) is 0 Å². The van der Waals surface area contributed by atoms with Crippen LogP contribution in [0.5, 0.6) is 0 Å². The number of ether oxygens (including phenoxy) is 1. The van der Waals surface area contributed by atoms with E-state index >= 15 is 0 Å². The van der Waals surface area contributed by atoms with Gasteiger partial charge in [0.2, 0.25) is 11.8 Å². The fourth-order valence-electron chi connectivity index (χ4n) is 2.72. The normalized spacial score (nSPS) is 18.2. The van der Waals surface area contributed by atoms with Crippen LogP contribution in [0, 0.1) is 0 Å². The maximum atomic E-state index is 12.1. The van der Waals surface area contributed by atoms with E-state index in [0.717, 1.165) is 11.3 Å². The number of nitrogens with one attached hydrogen (secondary N) is 1. The number of hydrogen-bond donors (Lipinski definition) is 1. The van der Waals surface area contributed by atoms with Gasteiger partial charge in [0.15, 0.2) is 0 Å². The average molecular weight is 329 g/mol. The predicted molar refractivity (Wildman–Crippen MR) is 85.8 cm³/mol. The van der Waals surface area contributed by atoms with Gasteiger partial charge in [0, 0.05) is 25.2 Å². The molecule has 2 heterocycles. The van der Waals surface area contributed by atoms with Crippen molar-refractivity contribution in [1.29, 1.82) is 0 Å². The zero-order chi connectivity index (χ0) is 16.9. The Morgan fingerprint density at radius 2 is 2.21 bits per heavy atom. The summed E-state index contributed by atoms with van der Waals surface area (Å²) in [6.07, 6.45) is 1.61. The SMILES string of the molecule is COC(=O)C[C@@H]1C(=O)NCCN1Cc1coc(-c2ccccc2)n1. The quantitative estimate of drug-likeness (QED) is 0.830. The number of nitrogens with zero attached hydrogens (tertiary/aromatic N) is 2. The van der Waals surface area contributed by atoms with E-state index in [1.54, 1.807) is 6.26 Å². The number of esters is 1. The number of aromatic nitrogens is 1. The number of hydrogen-bond acceptors (Lipinski definition) is 6. The minimum absolute atomic E-state index is 0.0196. The molecule has 0 saturated carbocycles. The van der Waals surface area contributed by atoms with Crippen LogP contribution < -0.4 is 5.32 Å². The second kappa shape index (κ2) is 7.27. The van der Waals surface area contributed by atoms with E-state index in [2.05, 4.69) is 15.0 Å². The average Bonchev–Trinajstić information content (AvgIpc) is 3.07. The molecule has 3 rings (SSSR count). The van der Waals surface area contributed by atoms with Gasteiger partial charge in [-0.05, 0) is 12.1 Å². The van der Waals surface area contributed by atoms with Crippen LogP contribution in [-0.2, 0) is 20.9 Å². The number of piperazine rings is 1. The van der Waals surface area contributed by atoms with Gasteiger partial charge in [0.25, 0.3) is 0 Å². The van der Waals surface area contributed by atoms with Gasteiger partial charge in [-0.25, -0.2) is 4.98 Å². The summed E-state index contributed by atoms with van der Waals surface area (Å²) in [7, 11) is 1.32. The van der Waals surface area contributed by atoms with Crippen LogP contribution in [0.2, 0.25) is 0 Å². The van der Waals surface area contributed by atoms with Crippen LogP contribution >= 0.6 is 0 Å². The van der Waals surface area contributed by atoms with E-state index in [0.29, 0.717) is 25.5 Å². The Balaban J connectivity index is 1.72. The Labute approximate surface area is 139 Å². The van der Waals surface area contributed by atoms with Crippen LogP contribution in [-0.4, -0.2) is 48.0 Å². The topological polar surface area (TPSA) is 84.7 Å². The number of amides is 1. The first-order chi connectivity index (χ1) is 11.7. The van der Waals surface area contributed by atoms with Crippen LogP contribution in [0.25, 0.3) is 11.5 Å². The third-order valence-corrected chi connectivity index (χ3v) is 3.97. The van der Waals surface area contributed by atoms with Gasteiger partial charge < -0.3 is 14.5 Å². The fraction of sp³-hybridized carbons (Fsp3) is 0.353. The minimum atomic E-state index is -0.553. The summed E-state index contributed by atoms with van der Waals surface area (Å²) in [5.74, 6) is -0.0396. The van der Waals surface area contributed by atoms with Crippen molar-refractivity contribution in [3.8, 4) is 11.5 Å². The second-order valence-corrected chi connectivity index (χ2v) is 5.57. The van der Waals surface area contributed by atoms with E-state index < -0.39 is 12.0 Å². The van der Waals surface area contributed by atoms with Gasteiger partial charge in [-0.15, -0.1) is 0 Å². The number of carbonyl (C=O) groups is 2. The predicted octanol–water partition coefficient (Wildman–Crippen LogP) is 1.21. The van der Waals surface area contributed by atoms with Gasteiger partial charge >= 0.3 is 5.97 Å². The highest BCUT2D eigenvalue weighted by molar-refractivity contribution is 5.87. The van der Waals surface area contributed by atoms with E-state index in [4.69, 9.17) is 4.42 Å². The molecule has 0 spiro atoms. The number of benzene rings is 1. The molecule has 1 aromatic heterocycles. The van der Waals surface area contributed by atoms with E-state index in [-0.39, 0.29) is 12.3 Å². The molecule has 0 aliphatic carbocycles. The van der Waals surface area contributed by atoms with Crippen molar-refractivity contribution in [3.05, 3.63) is 42.3 Å². The highest BCUT2D eigenvalue weighted by atomic mass is 16.5. The second-order valence-electron chi connectivity index (χ2n) is 5.57. The molecule has 7 heteroatoms. The molecule has 24 heavy (non-hydrogen) atoms.